The van der Waals surface area contributed by atoms with E-state index in [1.54, 1.807) is 25.1 Å². The molecule has 2 aromatic rings. The van der Waals surface area contributed by atoms with Crippen LogP contribution in [0.4, 0.5) is 10.5 Å². The number of benzene rings is 2. The van der Waals surface area contributed by atoms with Gasteiger partial charge in [-0.2, -0.15) is 0 Å². The summed E-state index contributed by atoms with van der Waals surface area (Å²) in [4.78, 5) is 39.1. The van der Waals surface area contributed by atoms with Crippen LogP contribution in [0.25, 0.3) is 0 Å². The van der Waals surface area contributed by atoms with Crippen molar-refractivity contribution in [2.45, 2.75) is 64.6 Å². The second-order valence-corrected chi connectivity index (χ2v) is 10.6. The van der Waals surface area contributed by atoms with Gasteiger partial charge in [0.1, 0.15) is 18.8 Å². The van der Waals surface area contributed by atoms with Crippen LogP contribution in [0.2, 0.25) is 0 Å². The van der Waals surface area contributed by atoms with E-state index in [0.717, 1.165) is 68.6 Å². The molecular weight excluding hydrogens is 554 g/mol. The third-order valence-electron chi connectivity index (χ3n) is 7.26. The number of aliphatic hydroxyl groups excluding tert-OH is 2. The number of rotatable bonds is 20. The largest absolute Gasteiger partial charge is 0.508 e. The summed E-state index contributed by atoms with van der Waals surface area (Å²) >= 11 is 0. The van der Waals surface area contributed by atoms with Gasteiger partial charge in [-0.3, -0.25) is 19.4 Å². The van der Waals surface area contributed by atoms with Crippen molar-refractivity contribution in [3.05, 3.63) is 59.2 Å². The lowest BCUT2D eigenvalue weighted by molar-refractivity contribution is -0.146. The Balaban J connectivity index is 1.21. The van der Waals surface area contributed by atoms with Crippen molar-refractivity contribution in [3.8, 4) is 5.75 Å². The molecule has 11 nitrogen and oxygen atoms in total. The van der Waals surface area contributed by atoms with Crippen molar-refractivity contribution in [1.29, 1.82) is 0 Å². The number of hydrogen-bond donors (Lipinski definition) is 4. The van der Waals surface area contributed by atoms with Crippen molar-refractivity contribution in [1.82, 2.24) is 10.2 Å². The molecule has 0 aromatic heterocycles. The first-order chi connectivity index (χ1) is 20.8. The number of aliphatic hydroxyl groups is 2. The Morgan fingerprint density at radius 1 is 1.02 bits per heavy atom. The highest BCUT2D eigenvalue weighted by Crippen LogP contribution is 2.24. The Morgan fingerprint density at radius 3 is 2.56 bits per heavy atom. The maximum Gasteiger partial charge on any atom is 0.332 e. The number of ether oxygens (including phenoxy) is 2. The number of amides is 3. The fraction of sp³-hybridized carbons (Fsp3) is 0.531. The summed E-state index contributed by atoms with van der Waals surface area (Å²) in [5, 5.41) is 32.4. The smallest absolute Gasteiger partial charge is 0.332 e. The molecule has 1 fully saturated rings. The topological polar surface area (TPSA) is 149 Å². The van der Waals surface area contributed by atoms with E-state index in [4.69, 9.17) is 9.47 Å². The predicted octanol–water partition coefficient (Wildman–Crippen LogP) is 3.44. The number of carbonyl (C=O) groups is 3. The van der Waals surface area contributed by atoms with Crippen LogP contribution in [0.5, 0.6) is 5.75 Å². The number of phenols is 1. The molecule has 3 rings (SSSR count). The van der Waals surface area contributed by atoms with E-state index in [2.05, 4.69) is 5.32 Å². The minimum absolute atomic E-state index is 0.0256. The molecule has 3 amide bonds. The summed E-state index contributed by atoms with van der Waals surface area (Å²) in [6.45, 7) is 3.76. The highest BCUT2D eigenvalue weighted by molar-refractivity contribution is 6.13. The molecule has 2 aromatic carbocycles. The molecule has 1 atom stereocenters. The third kappa shape index (κ3) is 10.9. The normalized spacial score (nSPS) is 14.0. The summed E-state index contributed by atoms with van der Waals surface area (Å²) in [6, 6.07) is 11.8. The van der Waals surface area contributed by atoms with Gasteiger partial charge in [0.2, 0.25) is 0 Å². The molecule has 1 aliphatic heterocycles. The van der Waals surface area contributed by atoms with E-state index >= 15 is 0 Å². The number of aryl methyl sites for hydroxylation is 1. The van der Waals surface area contributed by atoms with Crippen LogP contribution in [-0.2, 0) is 32.1 Å². The summed E-state index contributed by atoms with van der Waals surface area (Å²) in [7, 11) is 0. The van der Waals surface area contributed by atoms with Gasteiger partial charge in [0.25, 0.3) is 5.91 Å². The Bertz CT molecular complexity index is 1190. The van der Waals surface area contributed by atoms with Crippen LogP contribution >= 0.6 is 0 Å². The molecule has 0 aliphatic carbocycles. The van der Waals surface area contributed by atoms with Crippen LogP contribution in [-0.4, -0.2) is 84.1 Å². The molecule has 0 bridgehead atoms. The van der Waals surface area contributed by atoms with Gasteiger partial charge < -0.3 is 30.1 Å². The van der Waals surface area contributed by atoms with Gasteiger partial charge in [-0.05, 0) is 81.0 Å². The standard InChI is InChI=1S/C32H45N3O8/c1-2-43-31(40)22-35-30(39)21-34(32(35)41)27-12-9-11-24(18-27)10-5-8-17-42-16-7-4-3-6-15-33-20-29(38)25-13-14-28(37)26(19-25)23-36/h9,11-14,18-19,29,33,36-38H,2-8,10,15-17,20-23H2,1H3/t29-/m0/s1. The van der Waals surface area contributed by atoms with Crippen LogP contribution in [0.1, 0.15) is 68.2 Å². The van der Waals surface area contributed by atoms with Gasteiger partial charge in [-0.25, -0.2) is 4.79 Å². The number of hydrogen-bond acceptors (Lipinski definition) is 9. The van der Waals surface area contributed by atoms with Crippen LogP contribution in [0, 0.1) is 0 Å². The molecule has 0 unspecified atom stereocenters. The fourth-order valence-corrected chi connectivity index (χ4v) is 4.85. The highest BCUT2D eigenvalue weighted by atomic mass is 16.5. The first-order valence-corrected chi connectivity index (χ1v) is 15.1. The fourth-order valence-electron chi connectivity index (χ4n) is 4.85. The number of imide groups is 1. The van der Waals surface area contributed by atoms with Crippen molar-refractivity contribution in [2.75, 3.05) is 50.9 Å². The van der Waals surface area contributed by atoms with Crippen LogP contribution < -0.4 is 10.2 Å². The quantitative estimate of drug-likeness (QED) is 0.102. The summed E-state index contributed by atoms with van der Waals surface area (Å²) < 4.78 is 10.6. The van der Waals surface area contributed by atoms with E-state index in [1.165, 1.54) is 11.0 Å². The van der Waals surface area contributed by atoms with Gasteiger partial charge in [0, 0.05) is 31.0 Å². The first-order valence-electron chi connectivity index (χ1n) is 15.1. The lowest BCUT2D eigenvalue weighted by Crippen LogP contribution is -2.37. The Labute approximate surface area is 253 Å². The molecule has 1 saturated heterocycles. The number of nitrogens with zero attached hydrogens (tertiary/aromatic N) is 2. The van der Waals surface area contributed by atoms with E-state index < -0.39 is 24.0 Å². The Kier molecular flexibility index (Phi) is 14.4. The molecule has 43 heavy (non-hydrogen) atoms. The van der Waals surface area contributed by atoms with Crippen molar-refractivity contribution >= 4 is 23.6 Å². The molecule has 1 aliphatic rings. The van der Waals surface area contributed by atoms with Crippen molar-refractivity contribution in [3.63, 3.8) is 0 Å². The zero-order chi connectivity index (χ0) is 31.0. The Hall–Kier alpha value is -3.51. The molecule has 4 N–H and O–H groups in total. The van der Waals surface area contributed by atoms with Gasteiger partial charge in [0.05, 0.1) is 19.3 Å². The number of aromatic hydroxyl groups is 1. The number of urea groups is 1. The third-order valence-corrected chi connectivity index (χ3v) is 7.26. The van der Waals surface area contributed by atoms with Crippen LogP contribution in [0.3, 0.4) is 0 Å². The lowest BCUT2D eigenvalue weighted by atomic mass is 10.1. The first kappa shape index (κ1) is 34.0. The molecule has 11 heteroatoms. The van der Waals surface area contributed by atoms with E-state index in [0.29, 0.717) is 30.0 Å². The van der Waals surface area contributed by atoms with Crippen molar-refractivity contribution < 1.29 is 39.2 Å². The summed E-state index contributed by atoms with van der Waals surface area (Å²) in [6.07, 6.45) is 6.14. The number of esters is 1. The predicted molar refractivity (Wildman–Crippen MR) is 162 cm³/mol. The minimum atomic E-state index is -0.696. The van der Waals surface area contributed by atoms with E-state index in [9.17, 15) is 29.7 Å². The van der Waals surface area contributed by atoms with Crippen LogP contribution in [0.15, 0.2) is 42.5 Å². The second kappa shape index (κ2) is 18.2. The van der Waals surface area contributed by atoms with E-state index in [1.807, 2.05) is 18.2 Å². The lowest BCUT2D eigenvalue weighted by Gasteiger charge is -2.17. The highest BCUT2D eigenvalue weighted by Gasteiger charge is 2.38. The summed E-state index contributed by atoms with van der Waals surface area (Å²) in [5.41, 5.74) is 2.78. The minimum Gasteiger partial charge on any atom is -0.508 e. The van der Waals surface area contributed by atoms with E-state index in [-0.39, 0.29) is 32.1 Å². The monoisotopic (exact) mass is 599 g/mol. The number of unbranched alkanes of at least 4 members (excludes halogenated alkanes) is 4. The zero-order valence-electron chi connectivity index (χ0n) is 25.0. The molecule has 0 spiro atoms. The van der Waals surface area contributed by atoms with Gasteiger partial charge in [-0.15, -0.1) is 0 Å². The molecule has 1 heterocycles. The second-order valence-electron chi connectivity index (χ2n) is 10.6. The number of carbonyl (C=O) groups excluding carboxylic acids is 3. The van der Waals surface area contributed by atoms with Gasteiger partial charge >= 0.3 is 12.0 Å². The molecule has 0 radical (unpaired) electrons. The summed E-state index contributed by atoms with van der Waals surface area (Å²) in [5.74, 6) is -0.996. The molecular formula is C32H45N3O8. The number of anilines is 1. The maximum atomic E-state index is 12.7. The molecule has 236 valence electrons. The maximum absolute atomic E-state index is 12.7. The number of nitrogens with one attached hydrogen (secondary N) is 1. The zero-order valence-corrected chi connectivity index (χ0v) is 25.0. The van der Waals surface area contributed by atoms with Gasteiger partial charge in [-0.1, -0.05) is 31.0 Å². The van der Waals surface area contributed by atoms with Crippen molar-refractivity contribution in [2.24, 2.45) is 0 Å². The molecule has 0 saturated carbocycles. The average molecular weight is 600 g/mol. The average Bonchev–Trinajstić information content (AvgIpc) is 3.28. The van der Waals surface area contributed by atoms with Gasteiger partial charge in [0.15, 0.2) is 0 Å². The SMILES string of the molecule is CCOC(=O)CN1C(=O)CN(c2cccc(CCCCOCCCCCCNC[C@H](O)c3ccc(O)c(CO)c3)c2)C1=O. The Morgan fingerprint density at radius 2 is 1.79 bits per heavy atom.